The van der Waals surface area contributed by atoms with Crippen molar-refractivity contribution < 1.29 is 29.0 Å². The molecule has 0 atom stereocenters. The number of carboxylic acids is 1. The van der Waals surface area contributed by atoms with E-state index in [9.17, 15) is 9.59 Å². The maximum absolute atomic E-state index is 12.4. The molecule has 0 radical (unpaired) electrons. The summed E-state index contributed by atoms with van der Waals surface area (Å²) in [6.07, 6.45) is 2.43. The number of aromatic carboxylic acids is 1. The van der Waals surface area contributed by atoms with Crippen molar-refractivity contribution in [3.05, 3.63) is 59.9 Å². The molecule has 0 saturated heterocycles. The van der Waals surface area contributed by atoms with Gasteiger partial charge in [0.25, 0.3) is 5.91 Å². The number of carbonyl (C=O) groups is 2. The summed E-state index contributed by atoms with van der Waals surface area (Å²) >= 11 is 0. The van der Waals surface area contributed by atoms with Gasteiger partial charge in [0, 0.05) is 24.1 Å². The second kappa shape index (κ2) is 7.67. The first kappa shape index (κ1) is 18.1. The van der Waals surface area contributed by atoms with Gasteiger partial charge >= 0.3 is 5.97 Å². The van der Waals surface area contributed by atoms with Gasteiger partial charge < -0.3 is 24.7 Å². The van der Waals surface area contributed by atoms with E-state index in [0.29, 0.717) is 28.5 Å². The predicted molar refractivity (Wildman–Crippen MR) is 93.6 cm³/mol. The highest BCUT2D eigenvalue weighted by atomic mass is 16.5. The number of hydrogen-bond acceptors (Lipinski definition) is 7. The van der Waals surface area contributed by atoms with Crippen LogP contribution < -0.4 is 10.1 Å². The van der Waals surface area contributed by atoms with E-state index in [2.05, 4.69) is 15.3 Å². The maximum Gasteiger partial charge on any atom is 0.356 e. The zero-order valence-corrected chi connectivity index (χ0v) is 14.2. The molecule has 0 spiro atoms. The molecule has 0 aliphatic heterocycles. The molecule has 2 heterocycles. The number of anilines is 1. The van der Waals surface area contributed by atoms with E-state index >= 15 is 0 Å². The van der Waals surface area contributed by atoms with Crippen LogP contribution in [0.25, 0.3) is 11.3 Å². The molecule has 0 saturated carbocycles. The zero-order valence-electron chi connectivity index (χ0n) is 14.2. The second-order valence-electron chi connectivity index (χ2n) is 5.35. The Morgan fingerprint density at radius 1 is 1.15 bits per heavy atom. The van der Waals surface area contributed by atoms with Gasteiger partial charge in [-0.2, -0.15) is 0 Å². The molecule has 0 unspecified atom stereocenters. The van der Waals surface area contributed by atoms with E-state index in [4.69, 9.17) is 19.4 Å². The fraction of sp³-hybridized carbons (Fsp3) is 0.111. The monoisotopic (exact) mass is 369 g/mol. The van der Waals surface area contributed by atoms with Crippen molar-refractivity contribution in [3.8, 4) is 17.1 Å². The van der Waals surface area contributed by atoms with Crippen LogP contribution in [0.3, 0.4) is 0 Å². The number of aliphatic hydroxyl groups excluding tert-OH is 1. The van der Waals surface area contributed by atoms with Crippen molar-refractivity contribution in [1.29, 1.82) is 0 Å². The average molecular weight is 369 g/mol. The normalized spacial score (nSPS) is 10.4. The fourth-order valence-corrected chi connectivity index (χ4v) is 2.43. The Bertz CT molecular complexity index is 998. The van der Waals surface area contributed by atoms with Gasteiger partial charge in [-0.05, 0) is 24.3 Å². The molecule has 2 aromatic heterocycles. The third-order valence-electron chi connectivity index (χ3n) is 3.66. The summed E-state index contributed by atoms with van der Waals surface area (Å²) in [5, 5.41) is 20.8. The van der Waals surface area contributed by atoms with Crippen molar-refractivity contribution in [2.24, 2.45) is 0 Å². The van der Waals surface area contributed by atoms with Gasteiger partial charge in [0.05, 0.1) is 12.7 Å². The number of methoxy groups -OCH3 is 1. The number of amides is 1. The minimum absolute atomic E-state index is 0.222. The number of hydrogen-bond donors (Lipinski definition) is 3. The van der Waals surface area contributed by atoms with Crippen LogP contribution in [0, 0.1) is 0 Å². The minimum atomic E-state index is -1.35. The Morgan fingerprint density at radius 3 is 2.52 bits per heavy atom. The highest BCUT2D eigenvalue weighted by molar-refractivity contribution is 6.08. The summed E-state index contributed by atoms with van der Waals surface area (Å²) in [6, 6.07) is 8.18. The van der Waals surface area contributed by atoms with E-state index < -0.39 is 17.6 Å². The molecular formula is C18H15N3O6. The first-order valence-electron chi connectivity index (χ1n) is 7.77. The van der Waals surface area contributed by atoms with Gasteiger partial charge in [-0.15, -0.1) is 0 Å². The molecular weight excluding hydrogens is 354 g/mol. The number of ether oxygens (including phenoxy) is 1. The Morgan fingerprint density at radius 2 is 1.89 bits per heavy atom. The smallest absolute Gasteiger partial charge is 0.356 e. The Kier molecular flexibility index (Phi) is 5.13. The summed E-state index contributed by atoms with van der Waals surface area (Å²) in [7, 11) is 1.46. The van der Waals surface area contributed by atoms with Gasteiger partial charge in [0.1, 0.15) is 23.9 Å². The molecule has 3 N–H and O–H groups in total. The first-order chi connectivity index (χ1) is 13.0. The van der Waals surface area contributed by atoms with Crippen molar-refractivity contribution in [3.63, 3.8) is 0 Å². The second-order valence-corrected chi connectivity index (χ2v) is 5.35. The number of nitrogens with zero attached hydrogens (tertiary/aromatic N) is 2. The lowest BCUT2D eigenvalue weighted by Crippen LogP contribution is -2.19. The zero-order chi connectivity index (χ0) is 19.4. The number of nitrogens with one attached hydrogen (secondary N) is 1. The van der Waals surface area contributed by atoms with Crippen molar-refractivity contribution in [1.82, 2.24) is 9.97 Å². The number of carbonyl (C=O) groups excluding carboxylic acids is 1. The number of rotatable bonds is 6. The number of aromatic nitrogens is 2. The number of aliphatic hydroxyl groups is 1. The van der Waals surface area contributed by atoms with Gasteiger partial charge in [0.15, 0.2) is 11.4 Å². The maximum atomic E-state index is 12.4. The number of furan rings is 1. The molecule has 3 rings (SSSR count). The van der Waals surface area contributed by atoms with Crippen LogP contribution in [0.1, 0.15) is 26.7 Å². The largest absolute Gasteiger partial charge is 0.496 e. The van der Waals surface area contributed by atoms with E-state index in [-0.39, 0.29) is 12.3 Å². The number of benzene rings is 1. The SMILES string of the molecule is COc1cc(NC(=O)c2nccnc2C(=O)O)ccc1-c1ccc(CO)o1. The standard InChI is InChI=1S/C18H15N3O6/c1-26-14-8-10(2-4-12(14)13-5-3-11(9-22)27-13)21-17(23)15-16(18(24)25)20-7-6-19-15/h2-8,22H,9H2,1H3,(H,21,23)(H,24,25). The predicted octanol–water partition coefficient (Wildman–Crippen LogP) is 2.19. The summed E-state index contributed by atoms with van der Waals surface area (Å²) in [4.78, 5) is 31.0. The highest BCUT2D eigenvalue weighted by Gasteiger charge is 2.20. The van der Waals surface area contributed by atoms with Crippen LogP contribution in [-0.4, -0.2) is 39.2 Å². The lowest BCUT2D eigenvalue weighted by molar-refractivity contribution is 0.0685. The van der Waals surface area contributed by atoms with Gasteiger partial charge in [-0.25, -0.2) is 14.8 Å². The molecule has 0 fully saturated rings. The molecule has 138 valence electrons. The highest BCUT2D eigenvalue weighted by Crippen LogP contribution is 2.33. The van der Waals surface area contributed by atoms with Gasteiger partial charge in [-0.3, -0.25) is 4.79 Å². The van der Waals surface area contributed by atoms with Crippen LogP contribution in [0.2, 0.25) is 0 Å². The van der Waals surface area contributed by atoms with Gasteiger partial charge in [0.2, 0.25) is 0 Å². The molecule has 1 amide bonds. The third kappa shape index (κ3) is 3.77. The quantitative estimate of drug-likeness (QED) is 0.602. The summed E-state index contributed by atoms with van der Waals surface area (Å²) < 4.78 is 10.8. The Hall–Kier alpha value is -3.72. The third-order valence-corrected chi connectivity index (χ3v) is 3.66. The van der Waals surface area contributed by atoms with E-state index in [1.807, 2.05) is 0 Å². The Labute approximate surface area is 153 Å². The lowest BCUT2D eigenvalue weighted by atomic mass is 10.1. The number of carboxylic acid groups (broad SMARTS) is 1. The molecule has 3 aromatic rings. The minimum Gasteiger partial charge on any atom is -0.496 e. The molecule has 9 heteroatoms. The van der Waals surface area contributed by atoms with Crippen LogP contribution in [0.4, 0.5) is 5.69 Å². The van der Waals surface area contributed by atoms with Gasteiger partial charge in [-0.1, -0.05) is 0 Å². The van der Waals surface area contributed by atoms with Crippen molar-refractivity contribution in [2.45, 2.75) is 6.61 Å². The molecule has 27 heavy (non-hydrogen) atoms. The van der Waals surface area contributed by atoms with E-state index in [1.54, 1.807) is 30.3 Å². The molecule has 0 aliphatic carbocycles. The van der Waals surface area contributed by atoms with Crippen LogP contribution in [-0.2, 0) is 6.61 Å². The van der Waals surface area contributed by atoms with E-state index in [1.165, 1.54) is 19.5 Å². The topological polar surface area (TPSA) is 135 Å². The lowest BCUT2D eigenvalue weighted by Gasteiger charge is -2.11. The van der Waals surface area contributed by atoms with Crippen LogP contribution >= 0.6 is 0 Å². The molecule has 0 aliphatic rings. The summed E-state index contributed by atoms with van der Waals surface area (Å²) in [5.41, 5.74) is 0.259. The molecule has 0 bridgehead atoms. The van der Waals surface area contributed by atoms with E-state index in [0.717, 1.165) is 0 Å². The van der Waals surface area contributed by atoms with Crippen LogP contribution in [0.15, 0.2) is 47.1 Å². The summed E-state index contributed by atoms with van der Waals surface area (Å²) in [5.74, 6) is -0.733. The summed E-state index contributed by atoms with van der Waals surface area (Å²) in [6.45, 7) is -0.222. The molecule has 9 nitrogen and oxygen atoms in total. The van der Waals surface area contributed by atoms with Crippen molar-refractivity contribution in [2.75, 3.05) is 12.4 Å². The molecule has 1 aromatic carbocycles. The van der Waals surface area contributed by atoms with Crippen molar-refractivity contribution >= 4 is 17.6 Å². The fourth-order valence-electron chi connectivity index (χ4n) is 2.43. The average Bonchev–Trinajstić information content (AvgIpc) is 3.16. The van der Waals surface area contributed by atoms with Crippen LogP contribution in [0.5, 0.6) is 5.75 Å². The first-order valence-corrected chi connectivity index (χ1v) is 7.77. The Balaban J connectivity index is 1.88.